The van der Waals surface area contributed by atoms with Crippen LogP contribution in [0.1, 0.15) is 17.5 Å². The Kier molecular flexibility index (Phi) is 7.59. The van der Waals surface area contributed by atoms with Gasteiger partial charge in [0.2, 0.25) is 0 Å². The van der Waals surface area contributed by atoms with E-state index in [1.807, 2.05) is 6.92 Å². The lowest BCUT2D eigenvalue weighted by Crippen LogP contribution is -2.54. The average molecular weight is 597 g/mol. The zero-order valence-corrected chi connectivity index (χ0v) is 22.5. The summed E-state index contributed by atoms with van der Waals surface area (Å²) in [4.78, 5) is 9.70. The Balaban J connectivity index is 1.25. The zero-order chi connectivity index (χ0) is 29.4. The Labute approximate surface area is 232 Å². The minimum atomic E-state index is -4.79. The average Bonchev–Trinajstić information content (AvgIpc) is 3.35. The molecule has 0 radical (unpaired) electrons. The predicted octanol–water partition coefficient (Wildman–Crippen LogP) is 4.63. The molecule has 9 nitrogen and oxygen atoms in total. The van der Waals surface area contributed by atoms with Crippen molar-refractivity contribution in [2.75, 3.05) is 25.0 Å². The van der Waals surface area contributed by atoms with Gasteiger partial charge in [-0.1, -0.05) is 29.8 Å². The van der Waals surface area contributed by atoms with E-state index in [0.29, 0.717) is 18.5 Å². The molecule has 3 heterocycles. The van der Waals surface area contributed by atoms with Crippen LogP contribution in [0.5, 0.6) is 5.75 Å². The lowest BCUT2D eigenvalue weighted by Gasteiger charge is -2.38. The number of benzene rings is 2. The second-order valence-corrected chi connectivity index (χ2v) is 11.5. The normalized spacial score (nSPS) is 18.0. The van der Waals surface area contributed by atoms with Crippen molar-refractivity contribution in [3.63, 3.8) is 0 Å². The molecule has 1 unspecified atom stereocenters. The van der Waals surface area contributed by atoms with Gasteiger partial charge in [-0.15, -0.1) is 17.3 Å². The van der Waals surface area contributed by atoms with Gasteiger partial charge in [-0.25, -0.2) is 18.7 Å². The highest BCUT2D eigenvalue weighted by Gasteiger charge is 2.45. The van der Waals surface area contributed by atoms with Gasteiger partial charge in [-0.3, -0.25) is 4.90 Å². The van der Waals surface area contributed by atoms with E-state index in [1.165, 1.54) is 42.6 Å². The van der Waals surface area contributed by atoms with Crippen molar-refractivity contribution in [2.24, 2.45) is 0 Å². The van der Waals surface area contributed by atoms with Gasteiger partial charge in [-0.2, -0.15) is 13.5 Å². The van der Waals surface area contributed by atoms with Crippen molar-refractivity contribution in [3.8, 4) is 5.75 Å². The highest BCUT2D eigenvalue weighted by atomic mass is 32.2. The van der Waals surface area contributed by atoms with Crippen molar-refractivity contribution >= 4 is 26.9 Å². The molecule has 0 spiro atoms. The number of anilines is 1. The minimum Gasteiger partial charge on any atom is -0.406 e. The van der Waals surface area contributed by atoms with Crippen LogP contribution in [0.4, 0.5) is 27.8 Å². The van der Waals surface area contributed by atoms with Crippen LogP contribution in [0, 0.1) is 6.92 Å². The molecule has 2 aromatic carbocycles. The van der Waals surface area contributed by atoms with Crippen molar-refractivity contribution in [1.82, 2.24) is 24.1 Å². The van der Waals surface area contributed by atoms with E-state index >= 15 is 8.78 Å². The van der Waals surface area contributed by atoms with Crippen LogP contribution in [0.3, 0.4) is 0 Å². The first-order chi connectivity index (χ1) is 19.3. The number of nitrogens with zero attached hydrogens (tertiary/aromatic N) is 5. The third-order valence-electron chi connectivity index (χ3n) is 6.75. The molecule has 1 aliphatic heterocycles. The van der Waals surface area contributed by atoms with Gasteiger partial charge in [-0.05, 0) is 49.6 Å². The second kappa shape index (κ2) is 10.9. The Bertz CT molecular complexity index is 1630. The predicted molar refractivity (Wildman–Crippen MR) is 139 cm³/mol. The summed E-state index contributed by atoms with van der Waals surface area (Å²) in [7, 11) is -4.08. The van der Waals surface area contributed by atoms with E-state index in [1.54, 1.807) is 17.0 Å². The summed E-state index contributed by atoms with van der Waals surface area (Å²) in [5.41, 5.74) is 1.52. The summed E-state index contributed by atoms with van der Waals surface area (Å²) < 4.78 is 98.3. The summed E-state index contributed by atoms with van der Waals surface area (Å²) in [6.07, 6.45) is -2.05. The van der Waals surface area contributed by atoms with Gasteiger partial charge < -0.3 is 10.1 Å². The number of rotatable bonds is 8. The fourth-order valence-corrected chi connectivity index (χ4v) is 5.84. The number of aryl methyl sites for hydroxylation is 1. The first kappa shape index (κ1) is 28.7. The Morgan fingerprint density at radius 3 is 2.44 bits per heavy atom. The van der Waals surface area contributed by atoms with Gasteiger partial charge in [0.1, 0.15) is 17.9 Å². The number of hydrogen-bond acceptors (Lipinski definition) is 8. The molecule has 1 atom stereocenters. The monoisotopic (exact) mass is 596 g/mol. The summed E-state index contributed by atoms with van der Waals surface area (Å²) >= 11 is 0. The molecule has 0 aliphatic carbocycles. The zero-order valence-electron chi connectivity index (χ0n) is 21.6. The largest absolute Gasteiger partial charge is 0.573 e. The van der Waals surface area contributed by atoms with E-state index in [2.05, 4.69) is 25.1 Å². The molecule has 0 amide bonds. The molecule has 15 heteroatoms. The van der Waals surface area contributed by atoms with Crippen molar-refractivity contribution < 1.29 is 35.1 Å². The van der Waals surface area contributed by atoms with Crippen LogP contribution in [0.15, 0.2) is 66.0 Å². The first-order valence-corrected chi connectivity index (χ1v) is 14.0. The highest BCUT2D eigenvalue weighted by molar-refractivity contribution is 7.90. The molecule has 1 N–H and O–H groups in total. The molecule has 1 saturated heterocycles. The molecule has 4 aromatic rings. The number of ether oxygens (including phenoxy) is 1. The number of halogens is 5. The lowest BCUT2D eigenvalue weighted by molar-refractivity contribution is -0.274. The number of nitrogens with one attached hydrogen (secondary N) is 1. The molecule has 0 saturated carbocycles. The smallest absolute Gasteiger partial charge is 0.406 e. The van der Waals surface area contributed by atoms with Gasteiger partial charge in [0.25, 0.3) is 15.9 Å². The third-order valence-corrected chi connectivity index (χ3v) is 8.34. The molecular weight excluding hydrogens is 571 g/mol. The van der Waals surface area contributed by atoms with Gasteiger partial charge in [0.15, 0.2) is 5.65 Å². The van der Waals surface area contributed by atoms with Gasteiger partial charge in [0.05, 0.1) is 29.1 Å². The standard InChI is InChI=1S/C26H25F5N6O3S/c1-17-2-8-20(9-3-17)41(38,39)37-24-21(14-34-37)23(32-16-33-24)35-22-11-13-36(15-25(22,27)28)12-10-18-4-6-19(7-5-18)40-26(29,30)31/h2-9,14,16,22H,10-13,15H2,1H3,(H,32,33,35). The fourth-order valence-electron chi connectivity index (χ4n) is 4.61. The second-order valence-electron chi connectivity index (χ2n) is 9.73. The number of aromatic nitrogens is 4. The van der Waals surface area contributed by atoms with Crippen LogP contribution in [-0.2, 0) is 16.4 Å². The lowest BCUT2D eigenvalue weighted by atomic mass is 10.00. The highest BCUT2D eigenvalue weighted by Crippen LogP contribution is 2.32. The van der Waals surface area contributed by atoms with Crippen molar-refractivity contribution in [1.29, 1.82) is 0 Å². The fraction of sp³-hybridized carbons (Fsp3) is 0.346. The van der Waals surface area contributed by atoms with E-state index in [-0.39, 0.29) is 40.5 Å². The Morgan fingerprint density at radius 1 is 1.07 bits per heavy atom. The van der Waals surface area contributed by atoms with Crippen molar-refractivity contribution in [3.05, 3.63) is 72.2 Å². The van der Waals surface area contributed by atoms with E-state index in [0.717, 1.165) is 16.0 Å². The molecule has 1 aliphatic rings. The van der Waals surface area contributed by atoms with Gasteiger partial charge >= 0.3 is 6.36 Å². The quantitative estimate of drug-likeness (QED) is 0.294. The molecule has 0 bridgehead atoms. The van der Waals surface area contributed by atoms with Crippen LogP contribution in [-0.4, -0.2) is 70.4 Å². The minimum absolute atomic E-state index is 0.00529. The van der Waals surface area contributed by atoms with E-state index in [4.69, 9.17) is 0 Å². The molecule has 2 aromatic heterocycles. The summed E-state index contributed by atoms with van der Waals surface area (Å²) in [6.45, 7) is 1.89. The number of fused-ring (bicyclic) bond motifs is 1. The summed E-state index contributed by atoms with van der Waals surface area (Å²) in [5, 5.41) is 6.91. The SMILES string of the molecule is Cc1ccc(S(=O)(=O)n2ncc3c(NC4CCN(CCc5ccc(OC(F)(F)F)cc5)CC4(F)F)ncnc32)cc1. The topological polar surface area (TPSA) is 102 Å². The summed E-state index contributed by atoms with van der Waals surface area (Å²) in [6, 6.07) is 10.2. The van der Waals surface area contributed by atoms with E-state index < -0.39 is 34.9 Å². The molecule has 218 valence electrons. The Hall–Kier alpha value is -3.85. The van der Waals surface area contributed by atoms with Crippen LogP contribution >= 0.6 is 0 Å². The van der Waals surface area contributed by atoms with Crippen LogP contribution in [0.2, 0.25) is 0 Å². The van der Waals surface area contributed by atoms with E-state index in [9.17, 15) is 21.6 Å². The number of piperidine rings is 1. The number of likely N-dealkylation sites (tertiary alicyclic amines) is 1. The maximum atomic E-state index is 15.2. The van der Waals surface area contributed by atoms with Crippen LogP contribution < -0.4 is 10.1 Å². The third kappa shape index (κ3) is 6.40. The Morgan fingerprint density at radius 2 is 1.78 bits per heavy atom. The maximum absolute atomic E-state index is 15.2. The van der Waals surface area contributed by atoms with Crippen LogP contribution in [0.25, 0.3) is 11.0 Å². The molecular formula is C26H25F5N6O3S. The first-order valence-electron chi connectivity index (χ1n) is 12.5. The summed E-state index contributed by atoms with van der Waals surface area (Å²) in [5.74, 6) is -3.47. The van der Waals surface area contributed by atoms with Gasteiger partial charge in [0, 0.05) is 13.1 Å². The molecule has 1 fully saturated rings. The number of alkyl halides is 5. The van der Waals surface area contributed by atoms with Crippen molar-refractivity contribution in [2.45, 2.75) is 43.0 Å². The maximum Gasteiger partial charge on any atom is 0.573 e. The number of hydrogen-bond donors (Lipinski definition) is 1. The molecule has 41 heavy (non-hydrogen) atoms. The molecule has 5 rings (SSSR count).